The summed E-state index contributed by atoms with van der Waals surface area (Å²) in [6.45, 7) is 0.657. The molecule has 0 aliphatic carbocycles. The second kappa shape index (κ2) is 8.27. The molecular formula is C11H17BrClN. The normalized spacial score (nSPS) is 9.57. The van der Waals surface area contributed by atoms with E-state index in [-0.39, 0.29) is 12.4 Å². The number of hydrogen-bond donors (Lipinski definition) is 1. The molecule has 3 heteroatoms. The number of rotatable bonds is 5. The van der Waals surface area contributed by atoms with E-state index in [2.05, 4.69) is 40.2 Å². The van der Waals surface area contributed by atoms with E-state index in [4.69, 9.17) is 5.73 Å². The Bertz CT molecular complexity index is 253. The van der Waals surface area contributed by atoms with Crippen LogP contribution in [0.15, 0.2) is 24.3 Å². The van der Waals surface area contributed by atoms with Crippen molar-refractivity contribution >= 4 is 28.3 Å². The monoisotopic (exact) mass is 277 g/mol. The third-order valence-electron chi connectivity index (χ3n) is 2.17. The van der Waals surface area contributed by atoms with Gasteiger partial charge in [-0.25, -0.2) is 0 Å². The molecule has 0 saturated heterocycles. The van der Waals surface area contributed by atoms with Crippen LogP contribution < -0.4 is 5.73 Å². The van der Waals surface area contributed by atoms with E-state index in [1.807, 2.05) is 0 Å². The van der Waals surface area contributed by atoms with Gasteiger partial charge in [-0.3, -0.25) is 0 Å². The van der Waals surface area contributed by atoms with Crippen LogP contribution in [0.5, 0.6) is 0 Å². The molecule has 0 heterocycles. The number of aryl methyl sites for hydroxylation is 1. The molecule has 0 radical (unpaired) electrons. The first-order chi connectivity index (χ1) is 6.38. The van der Waals surface area contributed by atoms with E-state index in [1.165, 1.54) is 24.0 Å². The number of unbranched alkanes of at least 4 members (excludes halogenated alkanes) is 1. The summed E-state index contributed by atoms with van der Waals surface area (Å²) in [7, 11) is 0. The minimum Gasteiger partial charge on any atom is -0.326 e. The Labute approximate surface area is 101 Å². The van der Waals surface area contributed by atoms with Crippen LogP contribution >= 0.6 is 28.3 Å². The Morgan fingerprint density at radius 2 is 1.71 bits per heavy atom. The lowest BCUT2D eigenvalue weighted by molar-refractivity contribution is 0.795. The predicted octanol–water partition coefficient (Wildman–Crippen LogP) is 3.28. The molecule has 0 amide bonds. The van der Waals surface area contributed by atoms with Crippen molar-refractivity contribution in [3.8, 4) is 0 Å². The summed E-state index contributed by atoms with van der Waals surface area (Å²) in [5.74, 6) is 0. The standard InChI is InChI=1S/C11H16BrN.ClH/c12-8-4-3-6-10-5-1-2-7-11(10)9-13;/h1-2,5,7H,3-4,6,8-9,13H2;1H. The second-order valence-corrected chi connectivity index (χ2v) is 3.91. The quantitative estimate of drug-likeness (QED) is 0.649. The molecule has 0 aromatic heterocycles. The van der Waals surface area contributed by atoms with Gasteiger partial charge in [-0.15, -0.1) is 12.4 Å². The van der Waals surface area contributed by atoms with Gasteiger partial charge in [0.2, 0.25) is 0 Å². The highest BCUT2D eigenvalue weighted by atomic mass is 79.9. The lowest BCUT2D eigenvalue weighted by Gasteiger charge is -2.06. The van der Waals surface area contributed by atoms with Crippen molar-refractivity contribution in [1.82, 2.24) is 0 Å². The fourth-order valence-electron chi connectivity index (χ4n) is 1.41. The predicted molar refractivity (Wildman–Crippen MR) is 68.3 cm³/mol. The fraction of sp³-hybridized carbons (Fsp3) is 0.455. The molecule has 2 N–H and O–H groups in total. The molecular weight excluding hydrogens is 261 g/mol. The topological polar surface area (TPSA) is 26.0 Å². The zero-order valence-electron chi connectivity index (χ0n) is 8.21. The Morgan fingerprint density at radius 3 is 2.29 bits per heavy atom. The van der Waals surface area contributed by atoms with Gasteiger partial charge in [0.15, 0.2) is 0 Å². The summed E-state index contributed by atoms with van der Waals surface area (Å²) in [6, 6.07) is 8.43. The van der Waals surface area contributed by atoms with Gasteiger partial charge in [-0.1, -0.05) is 40.2 Å². The third kappa shape index (κ3) is 4.45. The maximum absolute atomic E-state index is 5.65. The molecule has 1 rings (SSSR count). The molecule has 1 aromatic carbocycles. The molecule has 0 atom stereocenters. The number of benzene rings is 1. The summed E-state index contributed by atoms with van der Waals surface area (Å²) in [6.07, 6.45) is 3.63. The smallest absolute Gasteiger partial charge is 0.0180 e. The lowest BCUT2D eigenvalue weighted by Crippen LogP contribution is -2.01. The summed E-state index contributed by atoms with van der Waals surface area (Å²) >= 11 is 3.43. The SMILES string of the molecule is Cl.NCc1ccccc1CCCCBr. The van der Waals surface area contributed by atoms with Crippen LogP contribution in [0.4, 0.5) is 0 Å². The third-order valence-corrected chi connectivity index (χ3v) is 2.73. The minimum atomic E-state index is 0. The zero-order chi connectivity index (χ0) is 9.52. The molecule has 80 valence electrons. The van der Waals surface area contributed by atoms with Gasteiger partial charge in [0, 0.05) is 11.9 Å². The molecule has 0 aliphatic heterocycles. The molecule has 0 bridgehead atoms. The molecule has 1 aromatic rings. The maximum atomic E-state index is 5.65. The first-order valence-corrected chi connectivity index (χ1v) is 5.83. The maximum Gasteiger partial charge on any atom is 0.0180 e. The van der Waals surface area contributed by atoms with Crippen LogP contribution in [0.3, 0.4) is 0 Å². The van der Waals surface area contributed by atoms with E-state index < -0.39 is 0 Å². The second-order valence-electron chi connectivity index (χ2n) is 3.12. The van der Waals surface area contributed by atoms with Crippen molar-refractivity contribution in [2.75, 3.05) is 5.33 Å². The highest BCUT2D eigenvalue weighted by Gasteiger charge is 1.98. The van der Waals surface area contributed by atoms with Crippen LogP contribution in [-0.4, -0.2) is 5.33 Å². The van der Waals surface area contributed by atoms with Crippen LogP contribution in [0, 0.1) is 0 Å². The molecule has 1 nitrogen and oxygen atoms in total. The number of hydrogen-bond acceptors (Lipinski definition) is 1. The molecule has 0 aliphatic rings. The molecule has 14 heavy (non-hydrogen) atoms. The highest BCUT2D eigenvalue weighted by Crippen LogP contribution is 2.11. The Morgan fingerprint density at radius 1 is 1.07 bits per heavy atom. The van der Waals surface area contributed by atoms with E-state index in [1.54, 1.807) is 0 Å². The van der Waals surface area contributed by atoms with E-state index in [9.17, 15) is 0 Å². The van der Waals surface area contributed by atoms with Crippen molar-refractivity contribution in [2.45, 2.75) is 25.8 Å². The van der Waals surface area contributed by atoms with Crippen LogP contribution in [0.25, 0.3) is 0 Å². The fourth-order valence-corrected chi connectivity index (χ4v) is 1.81. The first-order valence-electron chi connectivity index (χ1n) is 4.71. The van der Waals surface area contributed by atoms with Crippen molar-refractivity contribution < 1.29 is 0 Å². The van der Waals surface area contributed by atoms with E-state index in [0.717, 1.165) is 11.8 Å². The Kier molecular flexibility index (Phi) is 8.24. The Hall–Kier alpha value is -0.0500. The van der Waals surface area contributed by atoms with E-state index in [0.29, 0.717) is 6.54 Å². The van der Waals surface area contributed by atoms with Crippen LogP contribution in [0.2, 0.25) is 0 Å². The zero-order valence-corrected chi connectivity index (χ0v) is 10.6. The highest BCUT2D eigenvalue weighted by molar-refractivity contribution is 9.09. The van der Waals surface area contributed by atoms with Gasteiger partial charge < -0.3 is 5.73 Å². The van der Waals surface area contributed by atoms with Crippen molar-refractivity contribution in [2.24, 2.45) is 5.73 Å². The number of nitrogens with two attached hydrogens (primary N) is 1. The van der Waals surface area contributed by atoms with Gasteiger partial charge in [0.25, 0.3) is 0 Å². The molecule has 0 spiro atoms. The largest absolute Gasteiger partial charge is 0.326 e. The molecule has 0 fully saturated rings. The average Bonchev–Trinajstić information content (AvgIpc) is 2.19. The number of alkyl halides is 1. The Balaban J connectivity index is 0.00000169. The van der Waals surface area contributed by atoms with Crippen molar-refractivity contribution in [1.29, 1.82) is 0 Å². The molecule has 0 saturated carbocycles. The van der Waals surface area contributed by atoms with Gasteiger partial charge in [-0.2, -0.15) is 0 Å². The summed E-state index contributed by atoms with van der Waals surface area (Å²) < 4.78 is 0. The van der Waals surface area contributed by atoms with Crippen LogP contribution in [-0.2, 0) is 13.0 Å². The summed E-state index contributed by atoms with van der Waals surface area (Å²) in [5.41, 5.74) is 8.34. The van der Waals surface area contributed by atoms with Crippen molar-refractivity contribution in [3.63, 3.8) is 0 Å². The molecule has 0 unspecified atom stereocenters. The first kappa shape index (κ1) is 13.9. The number of halogens is 2. The van der Waals surface area contributed by atoms with Crippen molar-refractivity contribution in [3.05, 3.63) is 35.4 Å². The lowest BCUT2D eigenvalue weighted by atomic mass is 10.0. The van der Waals surface area contributed by atoms with Gasteiger partial charge in [0.1, 0.15) is 0 Å². The summed E-state index contributed by atoms with van der Waals surface area (Å²) in [5, 5.41) is 1.10. The van der Waals surface area contributed by atoms with E-state index >= 15 is 0 Å². The van der Waals surface area contributed by atoms with Gasteiger partial charge in [-0.05, 0) is 30.4 Å². The van der Waals surface area contributed by atoms with Gasteiger partial charge >= 0.3 is 0 Å². The van der Waals surface area contributed by atoms with Gasteiger partial charge in [0.05, 0.1) is 0 Å². The van der Waals surface area contributed by atoms with Crippen LogP contribution in [0.1, 0.15) is 24.0 Å². The summed E-state index contributed by atoms with van der Waals surface area (Å²) in [4.78, 5) is 0. The average molecular weight is 279 g/mol. The minimum absolute atomic E-state index is 0.